The van der Waals surface area contributed by atoms with E-state index in [2.05, 4.69) is 27.8 Å². The van der Waals surface area contributed by atoms with E-state index in [1.54, 1.807) is 0 Å². The number of hydrogen-bond acceptors (Lipinski definition) is 3. The van der Waals surface area contributed by atoms with Crippen LogP contribution in [-0.4, -0.2) is 35.2 Å². The summed E-state index contributed by atoms with van der Waals surface area (Å²) in [5, 5.41) is 10.5. The molecule has 2 aliphatic rings. The van der Waals surface area contributed by atoms with Crippen LogP contribution in [0.1, 0.15) is 50.7 Å². The van der Waals surface area contributed by atoms with E-state index in [9.17, 15) is 5.11 Å². The van der Waals surface area contributed by atoms with Crippen molar-refractivity contribution in [2.75, 3.05) is 19.6 Å². The van der Waals surface area contributed by atoms with Crippen LogP contribution in [0, 0.1) is 0 Å². The lowest BCUT2D eigenvalue weighted by atomic mass is 9.83. The van der Waals surface area contributed by atoms with Gasteiger partial charge >= 0.3 is 0 Å². The summed E-state index contributed by atoms with van der Waals surface area (Å²) in [5.41, 5.74) is 0.744. The Kier molecular flexibility index (Phi) is 4.57. The summed E-state index contributed by atoms with van der Waals surface area (Å²) in [6, 6.07) is 5.94. The minimum absolute atomic E-state index is 0.185. The second-order valence-electron chi connectivity index (χ2n) is 6.38. The van der Waals surface area contributed by atoms with Crippen molar-refractivity contribution in [2.45, 2.75) is 50.7 Å². The molecule has 1 N–H and O–H groups in total. The molecular formula is C17H24BrNO2. The van der Waals surface area contributed by atoms with Gasteiger partial charge in [-0.1, -0.05) is 28.9 Å². The fourth-order valence-electron chi connectivity index (χ4n) is 3.68. The van der Waals surface area contributed by atoms with Gasteiger partial charge in [0.25, 0.3) is 0 Å². The highest BCUT2D eigenvalue weighted by atomic mass is 79.9. The number of benzene rings is 1. The van der Waals surface area contributed by atoms with Crippen LogP contribution < -0.4 is 4.74 Å². The molecule has 0 aliphatic carbocycles. The summed E-state index contributed by atoms with van der Waals surface area (Å²) in [7, 11) is 0. The summed E-state index contributed by atoms with van der Waals surface area (Å²) in [5.74, 6) is 0.854. The zero-order valence-electron chi connectivity index (χ0n) is 12.6. The van der Waals surface area contributed by atoms with Gasteiger partial charge in [-0.2, -0.15) is 0 Å². The lowest BCUT2D eigenvalue weighted by Crippen LogP contribution is -2.42. The van der Waals surface area contributed by atoms with Gasteiger partial charge in [-0.05, 0) is 50.9 Å². The second kappa shape index (κ2) is 6.27. The van der Waals surface area contributed by atoms with E-state index < -0.39 is 6.10 Å². The highest BCUT2D eigenvalue weighted by Gasteiger charge is 2.41. The molecule has 1 spiro atoms. The number of nitrogens with zero attached hydrogens (tertiary/aromatic N) is 1. The van der Waals surface area contributed by atoms with E-state index in [1.165, 1.54) is 13.0 Å². The van der Waals surface area contributed by atoms with Crippen LogP contribution >= 0.6 is 15.9 Å². The highest BCUT2D eigenvalue weighted by molar-refractivity contribution is 9.10. The molecule has 0 radical (unpaired) electrons. The first-order valence-corrected chi connectivity index (χ1v) is 8.80. The summed E-state index contributed by atoms with van der Waals surface area (Å²) < 4.78 is 7.41. The van der Waals surface area contributed by atoms with Crippen molar-refractivity contribution in [3.63, 3.8) is 0 Å². The first kappa shape index (κ1) is 15.3. The minimum Gasteiger partial charge on any atom is -0.487 e. The predicted octanol–water partition coefficient (Wildman–Crippen LogP) is 3.90. The standard InChI is InChI=1S/C17H24BrNO2/c1-2-8-19-9-3-6-17(7-10-19)12-15(20)14-5-4-13(18)11-16(14)21-17/h4-5,11,15,20H,2-3,6-10,12H2,1H3/t15-,17?/m0/s1. The topological polar surface area (TPSA) is 32.7 Å². The molecule has 3 nitrogen and oxygen atoms in total. The maximum Gasteiger partial charge on any atom is 0.127 e. The third kappa shape index (κ3) is 3.27. The van der Waals surface area contributed by atoms with Gasteiger partial charge in [0.1, 0.15) is 11.4 Å². The number of aliphatic hydroxyl groups excluding tert-OH is 1. The van der Waals surface area contributed by atoms with Crippen molar-refractivity contribution in [1.29, 1.82) is 0 Å². The number of hydrogen-bond donors (Lipinski definition) is 1. The fourth-order valence-corrected chi connectivity index (χ4v) is 4.02. The highest BCUT2D eigenvalue weighted by Crippen LogP contribution is 2.45. The Morgan fingerprint density at radius 3 is 3.05 bits per heavy atom. The number of ether oxygens (including phenoxy) is 1. The van der Waals surface area contributed by atoms with Crippen molar-refractivity contribution in [1.82, 2.24) is 4.90 Å². The molecule has 1 aromatic rings. The van der Waals surface area contributed by atoms with Crippen LogP contribution in [0.5, 0.6) is 5.75 Å². The zero-order chi connectivity index (χ0) is 14.9. The van der Waals surface area contributed by atoms with Crippen LogP contribution in [0.4, 0.5) is 0 Å². The van der Waals surface area contributed by atoms with E-state index >= 15 is 0 Å². The minimum atomic E-state index is -0.403. The molecule has 2 aliphatic heterocycles. The van der Waals surface area contributed by atoms with Crippen molar-refractivity contribution >= 4 is 15.9 Å². The molecule has 2 heterocycles. The monoisotopic (exact) mass is 353 g/mol. The Balaban J connectivity index is 1.80. The van der Waals surface area contributed by atoms with E-state index in [1.807, 2.05) is 18.2 Å². The summed E-state index contributed by atoms with van der Waals surface area (Å²) in [6.45, 7) is 5.63. The van der Waals surface area contributed by atoms with Crippen molar-refractivity contribution in [3.05, 3.63) is 28.2 Å². The number of fused-ring (bicyclic) bond motifs is 1. The van der Waals surface area contributed by atoms with Crippen LogP contribution in [0.25, 0.3) is 0 Å². The van der Waals surface area contributed by atoms with Gasteiger partial charge in [0.15, 0.2) is 0 Å². The van der Waals surface area contributed by atoms with Gasteiger partial charge in [-0.25, -0.2) is 0 Å². The van der Waals surface area contributed by atoms with E-state index in [0.717, 1.165) is 54.6 Å². The Morgan fingerprint density at radius 1 is 1.38 bits per heavy atom. The number of likely N-dealkylation sites (tertiary alicyclic amines) is 1. The Labute approximate surface area is 135 Å². The van der Waals surface area contributed by atoms with Gasteiger partial charge in [0.2, 0.25) is 0 Å². The lowest BCUT2D eigenvalue weighted by Gasteiger charge is -2.40. The molecule has 4 heteroatoms. The van der Waals surface area contributed by atoms with Gasteiger partial charge in [-0.3, -0.25) is 0 Å². The average molecular weight is 354 g/mol. The van der Waals surface area contributed by atoms with Crippen LogP contribution in [0.2, 0.25) is 0 Å². The largest absolute Gasteiger partial charge is 0.487 e. The Bertz CT molecular complexity index is 508. The maximum absolute atomic E-state index is 10.5. The molecule has 2 atom stereocenters. The van der Waals surface area contributed by atoms with Gasteiger partial charge in [-0.15, -0.1) is 0 Å². The fraction of sp³-hybridized carbons (Fsp3) is 0.647. The predicted molar refractivity (Wildman–Crippen MR) is 87.7 cm³/mol. The molecule has 3 rings (SSSR count). The molecule has 0 aromatic heterocycles. The first-order chi connectivity index (χ1) is 10.1. The first-order valence-electron chi connectivity index (χ1n) is 8.01. The molecular weight excluding hydrogens is 330 g/mol. The third-order valence-electron chi connectivity index (χ3n) is 4.76. The van der Waals surface area contributed by atoms with E-state index in [0.29, 0.717) is 0 Å². The molecule has 1 fully saturated rings. The molecule has 1 aromatic carbocycles. The molecule has 0 bridgehead atoms. The molecule has 0 amide bonds. The van der Waals surface area contributed by atoms with Crippen LogP contribution in [0.3, 0.4) is 0 Å². The Morgan fingerprint density at radius 2 is 2.24 bits per heavy atom. The quantitative estimate of drug-likeness (QED) is 0.874. The maximum atomic E-state index is 10.5. The molecule has 21 heavy (non-hydrogen) atoms. The van der Waals surface area contributed by atoms with Crippen molar-refractivity contribution in [2.24, 2.45) is 0 Å². The van der Waals surface area contributed by atoms with Gasteiger partial charge < -0.3 is 14.7 Å². The summed E-state index contributed by atoms with van der Waals surface area (Å²) >= 11 is 3.50. The van der Waals surface area contributed by atoms with Crippen LogP contribution in [-0.2, 0) is 0 Å². The van der Waals surface area contributed by atoms with Crippen LogP contribution in [0.15, 0.2) is 22.7 Å². The number of halogens is 1. The molecule has 0 saturated carbocycles. The smallest absolute Gasteiger partial charge is 0.127 e. The zero-order valence-corrected chi connectivity index (χ0v) is 14.2. The number of aliphatic hydroxyl groups is 1. The van der Waals surface area contributed by atoms with Crippen molar-refractivity contribution < 1.29 is 9.84 Å². The normalized spacial score (nSPS) is 29.8. The average Bonchev–Trinajstić information content (AvgIpc) is 2.62. The summed E-state index contributed by atoms with van der Waals surface area (Å²) in [6.07, 6.45) is 4.72. The molecule has 1 saturated heterocycles. The number of rotatable bonds is 2. The summed E-state index contributed by atoms with van der Waals surface area (Å²) in [4.78, 5) is 2.53. The van der Waals surface area contributed by atoms with E-state index in [-0.39, 0.29) is 5.60 Å². The lowest BCUT2D eigenvalue weighted by molar-refractivity contribution is -0.0239. The van der Waals surface area contributed by atoms with Gasteiger partial charge in [0.05, 0.1) is 6.10 Å². The van der Waals surface area contributed by atoms with Crippen molar-refractivity contribution in [3.8, 4) is 5.75 Å². The van der Waals surface area contributed by atoms with Gasteiger partial charge in [0, 0.05) is 23.0 Å². The molecule has 116 valence electrons. The molecule has 1 unspecified atom stereocenters. The third-order valence-corrected chi connectivity index (χ3v) is 5.25. The second-order valence-corrected chi connectivity index (χ2v) is 7.30. The SMILES string of the molecule is CCCN1CCCC2(CC1)C[C@H](O)c1ccc(Br)cc1O2. The van der Waals surface area contributed by atoms with E-state index in [4.69, 9.17) is 4.74 Å². The Hall–Kier alpha value is -0.580.